The normalized spacial score (nSPS) is 19.2. The molecule has 1 aromatic heterocycles. The lowest BCUT2D eigenvalue weighted by atomic mass is 9.98. The molecule has 1 aromatic rings. The molecular weight excluding hydrogens is 246 g/mol. The molecule has 0 aromatic carbocycles. The van der Waals surface area contributed by atoms with Crippen LogP contribution in [0.25, 0.3) is 0 Å². The molecule has 0 amide bonds. The highest BCUT2D eigenvalue weighted by Gasteiger charge is 2.21. The average Bonchev–Trinajstić information content (AvgIpc) is 2.89. The zero-order valence-corrected chi connectivity index (χ0v) is 12.3. The van der Waals surface area contributed by atoms with Gasteiger partial charge in [0.1, 0.15) is 0 Å². The lowest BCUT2D eigenvalue weighted by Gasteiger charge is -2.31. The predicted molar refractivity (Wildman–Crippen MR) is 76.4 cm³/mol. The zero-order valence-electron chi connectivity index (χ0n) is 11.5. The second-order valence-corrected chi connectivity index (χ2v) is 5.98. The molecule has 0 spiro atoms. The van der Waals surface area contributed by atoms with Crippen LogP contribution in [0.4, 0.5) is 5.13 Å². The van der Waals surface area contributed by atoms with Crippen molar-refractivity contribution >= 4 is 16.5 Å². The van der Waals surface area contributed by atoms with E-state index in [0.717, 1.165) is 25.6 Å². The summed E-state index contributed by atoms with van der Waals surface area (Å²) in [5, 5.41) is 4.43. The maximum Gasteiger partial charge on any atom is 0.185 e. The summed E-state index contributed by atoms with van der Waals surface area (Å²) in [6.07, 6.45) is 4.43. The van der Waals surface area contributed by atoms with E-state index < -0.39 is 0 Å². The Bertz CT molecular complexity index is 361. The first kappa shape index (κ1) is 13.8. The zero-order chi connectivity index (χ0) is 13.0. The molecule has 0 aliphatic carbocycles. The molecule has 102 valence electrons. The number of aromatic nitrogens is 1. The first-order valence-electron chi connectivity index (χ1n) is 6.61. The Morgan fingerprint density at radius 1 is 1.56 bits per heavy atom. The number of nitrogens with zero attached hydrogens (tertiary/aromatic N) is 2. The molecule has 1 saturated heterocycles. The molecule has 1 fully saturated rings. The topological polar surface area (TPSA) is 37.4 Å². The van der Waals surface area contributed by atoms with Gasteiger partial charge in [0.2, 0.25) is 0 Å². The fourth-order valence-corrected chi connectivity index (χ4v) is 3.32. The minimum absolute atomic E-state index is 0.391. The summed E-state index contributed by atoms with van der Waals surface area (Å²) in [5.74, 6) is 0.724. The van der Waals surface area contributed by atoms with E-state index in [2.05, 4.69) is 22.1 Å². The molecule has 1 unspecified atom stereocenters. The van der Waals surface area contributed by atoms with Gasteiger partial charge < -0.3 is 15.0 Å². The van der Waals surface area contributed by atoms with Crippen LogP contribution in [0.2, 0.25) is 0 Å². The maximum absolute atomic E-state index is 5.23. The van der Waals surface area contributed by atoms with Gasteiger partial charge in [-0.2, -0.15) is 0 Å². The van der Waals surface area contributed by atoms with Crippen LogP contribution in [0.5, 0.6) is 0 Å². The van der Waals surface area contributed by atoms with Crippen molar-refractivity contribution in [3.63, 3.8) is 0 Å². The molecule has 4 nitrogen and oxygen atoms in total. The Morgan fingerprint density at radius 3 is 2.89 bits per heavy atom. The van der Waals surface area contributed by atoms with Crippen molar-refractivity contribution in [1.29, 1.82) is 0 Å². The molecular formula is C13H23N3OS. The lowest BCUT2D eigenvalue weighted by molar-refractivity contribution is 0.139. The third kappa shape index (κ3) is 3.22. The summed E-state index contributed by atoms with van der Waals surface area (Å²) in [5.41, 5.74) is 0. The van der Waals surface area contributed by atoms with Gasteiger partial charge in [0.05, 0.1) is 0 Å². The van der Waals surface area contributed by atoms with Crippen LogP contribution in [0, 0.1) is 5.92 Å². The van der Waals surface area contributed by atoms with Crippen molar-refractivity contribution < 1.29 is 4.74 Å². The van der Waals surface area contributed by atoms with Gasteiger partial charge in [0.15, 0.2) is 5.13 Å². The van der Waals surface area contributed by atoms with E-state index in [1.165, 1.54) is 22.9 Å². The van der Waals surface area contributed by atoms with Gasteiger partial charge in [-0.1, -0.05) is 0 Å². The van der Waals surface area contributed by atoms with Crippen molar-refractivity contribution in [2.75, 3.05) is 38.8 Å². The molecule has 0 saturated carbocycles. The van der Waals surface area contributed by atoms with Crippen LogP contribution >= 0.6 is 11.3 Å². The Labute approximate surface area is 113 Å². The molecule has 0 bridgehead atoms. The van der Waals surface area contributed by atoms with Crippen LogP contribution in [0.3, 0.4) is 0 Å². The Hall–Kier alpha value is -0.650. The monoisotopic (exact) mass is 269 g/mol. The van der Waals surface area contributed by atoms with Gasteiger partial charge in [-0.15, -0.1) is 11.3 Å². The molecule has 1 aliphatic heterocycles. The maximum atomic E-state index is 5.23. The standard InChI is InChI=1S/C13H23N3OS/c1-10(14-2)12-8-15-13(18-12)16-6-4-11(5-7-16)9-17-3/h8,10-11,14H,4-7,9H2,1-3H3. The summed E-state index contributed by atoms with van der Waals surface area (Å²) >= 11 is 1.81. The number of nitrogens with one attached hydrogen (secondary N) is 1. The summed E-state index contributed by atoms with van der Waals surface area (Å²) in [7, 11) is 3.78. The smallest absolute Gasteiger partial charge is 0.185 e. The number of anilines is 1. The first-order valence-corrected chi connectivity index (χ1v) is 7.43. The molecule has 2 heterocycles. The number of hydrogen-bond donors (Lipinski definition) is 1. The number of thiazole rings is 1. The van der Waals surface area contributed by atoms with E-state index in [0.29, 0.717) is 6.04 Å². The molecule has 1 N–H and O–H groups in total. The fraction of sp³-hybridized carbons (Fsp3) is 0.769. The number of ether oxygens (including phenoxy) is 1. The third-order valence-electron chi connectivity index (χ3n) is 3.66. The van der Waals surface area contributed by atoms with Gasteiger partial charge in [-0.3, -0.25) is 0 Å². The fourth-order valence-electron chi connectivity index (χ4n) is 2.29. The van der Waals surface area contributed by atoms with Gasteiger partial charge in [-0.05, 0) is 32.7 Å². The van der Waals surface area contributed by atoms with Crippen LogP contribution in [0.1, 0.15) is 30.7 Å². The highest BCUT2D eigenvalue weighted by molar-refractivity contribution is 7.15. The van der Waals surface area contributed by atoms with E-state index in [1.807, 2.05) is 24.6 Å². The van der Waals surface area contributed by atoms with E-state index >= 15 is 0 Å². The summed E-state index contributed by atoms with van der Waals surface area (Å²) in [6, 6.07) is 0.391. The minimum atomic E-state index is 0.391. The van der Waals surface area contributed by atoms with E-state index in [4.69, 9.17) is 4.74 Å². The van der Waals surface area contributed by atoms with Gasteiger partial charge in [0, 0.05) is 43.9 Å². The molecule has 18 heavy (non-hydrogen) atoms. The van der Waals surface area contributed by atoms with Gasteiger partial charge >= 0.3 is 0 Å². The van der Waals surface area contributed by atoms with Crippen LogP contribution < -0.4 is 10.2 Å². The Balaban J connectivity index is 1.91. The quantitative estimate of drug-likeness (QED) is 0.890. The number of methoxy groups -OCH3 is 1. The van der Waals surface area contributed by atoms with E-state index in [1.54, 1.807) is 7.11 Å². The summed E-state index contributed by atoms with van der Waals surface area (Å²) in [6.45, 7) is 5.28. The molecule has 5 heteroatoms. The van der Waals surface area contributed by atoms with Crippen molar-refractivity contribution in [2.24, 2.45) is 5.92 Å². The summed E-state index contributed by atoms with van der Waals surface area (Å²) in [4.78, 5) is 8.27. The first-order chi connectivity index (χ1) is 8.74. The second-order valence-electron chi connectivity index (χ2n) is 4.94. The van der Waals surface area contributed by atoms with E-state index in [-0.39, 0.29) is 0 Å². The van der Waals surface area contributed by atoms with Crippen LogP contribution in [0.15, 0.2) is 6.20 Å². The summed E-state index contributed by atoms with van der Waals surface area (Å²) < 4.78 is 5.23. The Kier molecular flexibility index (Phi) is 4.97. The van der Waals surface area contributed by atoms with Crippen LogP contribution in [-0.2, 0) is 4.74 Å². The highest BCUT2D eigenvalue weighted by atomic mass is 32.1. The molecule has 1 atom stereocenters. The second kappa shape index (κ2) is 6.50. The number of hydrogen-bond acceptors (Lipinski definition) is 5. The highest BCUT2D eigenvalue weighted by Crippen LogP contribution is 2.30. The largest absolute Gasteiger partial charge is 0.384 e. The van der Waals surface area contributed by atoms with Crippen molar-refractivity contribution in [1.82, 2.24) is 10.3 Å². The molecule has 1 aliphatic rings. The van der Waals surface area contributed by atoms with Crippen molar-refractivity contribution in [3.05, 3.63) is 11.1 Å². The van der Waals surface area contributed by atoms with Crippen molar-refractivity contribution in [3.8, 4) is 0 Å². The number of rotatable bonds is 5. The SMILES string of the molecule is CNC(C)c1cnc(N2CCC(COC)CC2)s1. The third-order valence-corrected chi connectivity index (χ3v) is 4.90. The van der Waals surface area contributed by atoms with Crippen molar-refractivity contribution in [2.45, 2.75) is 25.8 Å². The van der Waals surface area contributed by atoms with Gasteiger partial charge in [0.25, 0.3) is 0 Å². The van der Waals surface area contributed by atoms with Crippen LogP contribution in [-0.4, -0.2) is 38.8 Å². The molecule has 0 radical (unpaired) electrons. The van der Waals surface area contributed by atoms with E-state index in [9.17, 15) is 0 Å². The predicted octanol–water partition coefficient (Wildman–Crippen LogP) is 2.29. The van der Waals surface area contributed by atoms with Gasteiger partial charge in [-0.25, -0.2) is 4.98 Å². The Morgan fingerprint density at radius 2 is 2.28 bits per heavy atom. The average molecular weight is 269 g/mol. The minimum Gasteiger partial charge on any atom is -0.384 e. The lowest BCUT2D eigenvalue weighted by Crippen LogP contribution is -2.34. The molecule has 2 rings (SSSR count). The number of piperidine rings is 1.